The van der Waals surface area contributed by atoms with Crippen LogP contribution in [0.1, 0.15) is 6.42 Å². The van der Waals surface area contributed by atoms with E-state index in [1.165, 1.54) is 11.8 Å². The van der Waals surface area contributed by atoms with Crippen molar-refractivity contribution in [1.29, 1.82) is 0 Å². The van der Waals surface area contributed by atoms with Crippen LogP contribution in [-0.2, 0) is 4.79 Å². The van der Waals surface area contributed by atoms with Crippen molar-refractivity contribution in [2.24, 2.45) is 5.73 Å². The number of rotatable bonds is 3. The van der Waals surface area contributed by atoms with E-state index in [1.54, 1.807) is 0 Å². The molecule has 0 spiro atoms. The van der Waals surface area contributed by atoms with E-state index in [4.69, 9.17) is 18.0 Å². The summed E-state index contributed by atoms with van der Waals surface area (Å²) in [6, 6.07) is 0. The highest BCUT2D eigenvalue weighted by molar-refractivity contribution is 8.22. The number of hydrogen-bond acceptors (Lipinski definition) is 3. The number of carbonyl (C=O) groups excluding carboxylic acids is 1. The Morgan fingerprint density at radius 2 is 2.40 bits per heavy atom. The lowest BCUT2D eigenvalue weighted by Gasteiger charge is -2.01. The third kappa shape index (κ3) is 5.84. The summed E-state index contributed by atoms with van der Waals surface area (Å²) in [5.41, 5.74) is 4.89. The van der Waals surface area contributed by atoms with Crippen LogP contribution in [0.4, 0.5) is 0 Å². The molecule has 3 nitrogen and oxygen atoms in total. The first-order chi connectivity index (χ1) is 4.66. The van der Waals surface area contributed by atoms with Gasteiger partial charge < -0.3 is 11.1 Å². The lowest BCUT2D eigenvalue weighted by Crippen LogP contribution is -2.24. The van der Waals surface area contributed by atoms with Gasteiger partial charge in [-0.05, 0) is 6.26 Å². The maximum absolute atomic E-state index is 10.2. The Balaban J connectivity index is 3.20. The van der Waals surface area contributed by atoms with E-state index >= 15 is 0 Å². The third-order valence-electron chi connectivity index (χ3n) is 0.826. The molecule has 0 aromatic carbocycles. The smallest absolute Gasteiger partial charge is 0.219 e. The summed E-state index contributed by atoms with van der Waals surface area (Å²) in [6.07, 6.45) is 2.21. The number of thioether (sulfide) groups is 1. The maximum Gasteiger partial charge on any atom is 0.219 e. The van der Waals surface area contributed by atoms with Crippen molar-refractivity contribution >= 4 is 34.2 Å². The number of nitrogens with two attached hydrogens (primary N) is 1. The average Bonchev–Trinajstić information content (AvgIpc) is 1.87. The molecule has 1 amide bonds. The molecule has 0 saturated carbocycles. The second-order valence-electron chi connectivity index (χ2n) is 1.63. The average molecular weight is 178 g/mol. The number of amides is 1. The van der Waals surface area contributed by atoms with E-state index in [0.29, 0.717) is 17.3 Å². The number of nitrogens with one attached hydrogen (secondary N) is 1. The van der Waals surface area contributed by atoms with Gasteiger partial charge in [0.05, 0.1) is 0 Å². The first-order valence-electron chi connectivity index (χ1n) is 2.77. The Kier molecular flexibility index (Phi) is 5.33. The summed E-state index contributed by atoms with van der Waals surface area (Å²) in [4.78, 5) is 10.2. The SMILES string of the molecule is CSC(=S)NCCC(N)=O. The van der Waals surface area contributed by atoms with Gasteiger partial charge in [0.1, 0.15) is 4.32 Å². The predicted molar refractivity (Wildman–Crippen MR) is 47.9 cm³/mol. The number of thiocarbonyl (C=S) groups is 1. The largest absolute Gasteiger partial charge is 0.370 e. The molecule has 5 heteroatoms. The zero-order chi connectivity index (χ0) is 7.98. The zero-order valence-corrected chi connectivity index (χ0v) is 7.35. The molecule has 0 unspecified atom stereocenters. The van der Waals surface area contributed by atoms with Crippen LogP contribution in [0.2, 0.25) is 0 Å². The summed E-state index contributed by atoms with van der Waals surface area (Å²) in [5.74, 6) is -0.309. The summed E-state index contributed by atoms with van der Waals surface area (Å²) >= 11 is 6.25. The first-order valence-corrected chi connectivity index (χ1v) is 4.40. The summed E-state index contributed by atoms with van der Waals surface area (Å²) in [6.45, 7) is 0.537. The Hall–Kier alpha value is -0.290. The number of carbonyl (C=O) groups is 1. The van der Waals surface area contributed by atoms with E-state index in [-0.39, 0.29) is 5.91 Å². The highest BCUT2D eigenvalue weighted by Gasteiger charge is 1.94. The van der Waals surface area contributed by atoms with Gasteiger partial charge >= 0.3 is 0 Å². The maximum atomic E-state index is 10.2. The lowest BCUT2D eigenvalue weighted by atomic mass is 10.4. The Labute approximate surface area is 69.7 Å². The molecule has 0 aromatic rings. The molecule has 10 heavy (non-hydrogen) atoms. The molecule has 3 N–H and O–H groups in total. The van der Waals surface area contributed by atoms with Gasteiger partial charge in [-0.2, -0.15) is 0 Å². The Morgan fingerprint density at radius 1 is 1.80 bits per heavy atom. The van der Waals surface area contributed by atoms with Crippen molar-refractivity contribution in [3.8, 4) is 0 Å². The first kappa shape index (κ1) is 9.71. The summed E-state index contributed by atoms with van der Waals surface area (Å²) in [5, 5.41) is 2.86. The van der Waals surface area contributed by atoms with Crippen molar-refractivity contribution in [3.63, 3.8) is 0 Å². The van der Waals surface area contributed by atoms with Gasteiger partial charge in [-0.3, -0.25) is 4.79 Å². The quantitative estimate of drug-likeness (QED) is 0.602. The van der Waals surface area contributed by atoms with Crippen LogP contribution in [0.3, 0.4) is 0 Å². The third-order valence-corrected chi connectivity index (χ3v) is 1.99. The van der Waals surface area contributed by atoms with Crippen LogP contribution in [0.25, 0.3) is 0 Å². The number of primary amides is 1. The Bertz CT molecular complexity index is 138. The molecule has 0 aliphatic carbocycles. The van der Waals surface area contributed by atoms with E-state index in [2.05, 4.69) is 5.32 Å². The zero-order valence-electron chi connectivity index (χ0n) is 5.72. The fourth-order valence-electron chi connectivity index (χ4n) is 0.360. The highest BCUT2D eigenvalue weighted by atomic mass is 32.2. The molecule has 0 heterocycles. The van der Waals surface area contributed by atoms with Gasteiger partial charge in [-0.25, -0.2) is 0 Å². The van der Waals surface area contributed by atoms with Crippen LogP contribution in [-0.4, -0.2) is 23.0 Å². The fourth-order valence-corrected chi connectivity index (χ4v) is 0.708. The van der Waals surface area contributed by atoms with Crippen LogP contribution in [0.15, 0.2) is 0 Å². The van der Waals surface area contributed by atoms with Crippen molar-refractivity contribution in [2.75, 3.05) is 12.8 Å². The highest BCUT2D eigenvalue weighted by Crippen LogP contribution is 1.92. The van der Waals surface area contributed by atoms with E-state index in [1.807, 2.05) is 6.26 Å². The standard InChI is InChI=1S/C5H10N2OS2/c1-10-5(9)7-3-2-4(6)8/h2-3H2,1H3,(H2,6,8)(H,7,9). The molecular formula is C5H10N2OS2. The van der Waals surface area contributed by atoms with E-state index in [0.717, 1.165) is 0 Å². The second-order valence-corrected chi connectivity index (χ2v) is 3.12. The minimum Gasteiger partial charge on any atom is -0.370 e. The molecule has 0 radical (unpaired) electrons. The molecule has 0 aliphatic rings. The van der Waals surface area contributed by atoms with Crippen LogP contribution >= 0.6 is 24.0 Å². The minimum atomic E-state index is -0.309. The van der Waals surface area contributed by atoms with Gasteiger partial charge in [0, 0.05) is 13.0 Å². The molecular weight excluding hydrogens is 168 g/mol. The van der Waals surface area contributed by atoms with Gasteiger partial charge in [-0.15, -0.1) is 11.8 Å². The monoisotopic (exact) mass is 178 g/mol. The summed E-state index contributed by atoms with van der Waals surface area (Å²) in [7, 11) is 0. The fraction of sp³-hybridized carbons (Fsp3) is 0.600. The van der Waals surface area contributed by atoms with Gasteiger partial charge in [0.15, 0.2) is 0 Å². The van der Waals surface area contributed by atoms with Crippen LogP contribution in [0.5, 0.6) is 0 Å². The van der Waals surface area contributed by atoms with Crippen molar-refractivity contribution in [1.82, 2.24) is 5.32 Å². The van der Waals surface area contributed by atoms with E-state index in [9.17, 15) is 4.79 Å². The van der Waals surface area contributed by atoms with Crippen molar-refractivity contribution in [3.05, 3.63) is 0 Å². The van der Waals surface area contributed by atoms with Crippen molar-refractivity contribution in [2.45, 2.75) is 6.42 Å². The molecule has 0 rings (SSSR count). The van der Waals surface area contributed by atoms with Crippen LogP contribution < -0.4 is 11.1 Å². The molecule has 0 fully saturated rings. The second kappa shape index (κ2) is 5.49. The lowest BCUT2D eigenvalue weighted by molar-refractivity contribution is -0.117. The topological polar surface area (TPSA) is 55.1 Å². The molecule has 58 valence electrons. The van der Waals surface area contributed by atoms with Gasteiger partial charge in [0.2, 0.25) is 5.91 Å². The normalized spacial score (nSPS) is 8.90. The predicted octanol–water partition coefficient (Wildman–Crippen LogP) is 0.0993. The molecule has 0 saturated heterocycles. The van der Waals surface area contributed by atoms with Gasteiger partial charge in [-0.1, -0.05) is 12.2 Å². The molecule has 0 bridgehead atoms. The van der Waals surface area contributed by atoms with Crippen LogP contribution in [0, 0.1) is 0 Å². The Morgan fingerprint density at radius 3 is 2.80 bits per heavy atom. The van der Waals surface area contributed by atoms with E-state index < -0.39 is 0 Å². The molecule has 0 atom stereocenters. The minimum absolute atomic E-state index is 0.309. The molecule has 0 aliphatic heterocycles. The molecule has 0 aromatic heterocycles. The van der Waals surface area contributed by atoms with Gasteiger partial charge in [0.25, 0.3) is 0 Å². The summed E-state index contributed by atoms with van der Waals surface area (Å²) < 4.78 is 0.696. The number of hydrogen-bond donors (Lipinski definition) is 2. The van der Waals surface area contributed by atoms with Crippen molar-refractivity contribution < 1.29 is 4.79 Å².